The molecule has 0 saturated heterocycles. The third-order valence-electron chi connectivity index (χ3n) is 1.72. The highest BCUT2D eigenvalue weighted by Crippen LogP contribution is 2.22. The second-order valence-corrected chi connectivity index (χ2v) is 3.44. The smallest absolute Gasteiger partial charge is 0.178 e. The van der Waals surface area contributed by atoms with Crippen LogP contribution >= 0.6 is 0 Å². The average molecular weight is 181 g/mol. The first kappa shape index (κ1) is 9.84. The summed E-state index contributed by atoms with van der Waals surface area (Å²) < 4.78 is 13.4. The Morgan fingerprint density at radius 1 is 1.46 bits per heavy atom. The summed E-state index contributed by atoms with van der Waals surface area (Å²) in [5, 5.41) is 0. The van der Waals surface area contributed by atoms with Crippen LogP contribution in [0.15, 0.2) is 18.2 Å². The van der Waals surface area contributed by atoms with E-state index < -0.39 is 5.67 Å². The molecule has 0 unspecified atom stereocenters. The second kappa shape index (κ2) is 3.24. The van der Waals surface area contributed by atoms with Gasteiger partial charge in [-0.1, -0.05) is 6.07 Å². The van der Waals surface area contributed by atoms with Gasteiger partial charge in [0, 0.05) is 6.92 Å². The van der Waals surface area contributed by atoms with Crippen LogP contribution in [-0.4, -0.2) is 10.8 Å². The Morgan fingerprint density at radius 2 is 2.08 bits per heavy atom. The predicted octanol–water partition coefficient (Wildman–Crippen LogP) is 2.49. The molecular weight excluding hydrogens is 169 g/mol. The van der Waals surface area contributed by atoms with Gasteiger partial charge in [0.05, 0.1) is 5.69 Å². The second-order valence-electron chi connectivity index (χ2n) is 3.44. The van der Waals surface area contributed by atoms with E-state index in [1.165, 1.54) is 20.8 Å². The molecule has 0 aliphatic carbocycles. The van der Waals surface area contributed by atoms with Gasteiger partial charge in [-0.25, -0.2) is 9.37 Å². The number of nitrogens with zero attached hydrogens (tertiary/aromatic N) is 1. The van der Waals surface area contributed by atoms with Crippen LogP contribution in [0.2, 0.25) is 0 Å². The summed E-state index contributed by atoms with van der Waals surface area (Å²) in [4.78, 5) is 14.9. The molecule has 0 aliphatic heterocycles. The summed E-state index contributed by atoms with van der Waals surface area (Å²) >= 11 is 0. The lowest BCUT2D eigenvalue weighted by Crippen LogP contribution is -2.13. The molecule has 1 aromatic heterocycles. The quantitative estimate of drug-likeness (QED) is 0.656. The van der Waals surface area contributed by atoms with Gasteiger partial charge in [-0.15, -0.1) is 0 Å². The zero-order valence-corrected chi connectivity index (χ0v) is 7.97. The number of hydrogen-bond donors (Lipinski definition) is 0. The van der Waals surface area contributed by atoms with Gasteiger partial charge < -0.3 is 0 Å². The zero-order valence-electron chi connectivity index (χ0n) is 7.97. The highest BCUT2D eigenvalue weighted by molar-refractivity contribution is 5.92. The van der Waals surface area contributed by atoms with Crippen molar-refractivity contribution in [2.24, 2.45) is 0 Å². The number of Topliss-reactive ketones (excluding diaryl/α,β-unsaturated/α-hetero) is 1. The van der Waals surface area contributed by atoms with Crippen LogP contribution < -0.4 is 0 Å². The van der Waals surface area contributed by atoms with Crippen LogP contribution in [0, 0.1) is 0 Å². The average Bonchev–Trinajstić information content (AvgIpc) is 2.03. The van der Waals surface area contributed by atoms with Crippen molar-refractivity contribution < 1.29 is 9.18 Å². The number of carbonyl (C=O) groups is 1. The van der Waals surface area contributed by atoms with E-state index in [-0.39, 0.29) is 5.78 Å². The number of carbonyl (C=O) groups excluding carboxylic acids is 1. The minimum Gasteiger partial charge on any atom is -0.293 e. The van der Waals surface area contributed by atoms with Crippen LogP contribution in [0.5, 0.6) is 0 Å². The molecule has 0 amide bonds. The van der Waals surface area contributed by atoms with E-state index in [2.05, 4.69) is 4.98 Å². The summed E-state index contributed by atoms with van der Waals surface area (Å²) in [6, 6.07) is 4.80. The van der Waals surface area contributed by atoms with Gasteiger partial charge in [-0.2, -0.15) is 0 Å². The molecule has 70 valence electrons. The first-order chi connectivity index (χ1) is 5.91. The van der Waals surface area contributed by atoms with E-state index in [1.54, 1.807) is 18.2 Å². The summed E-state index contributed by atoms with van der Waals surface area (Å²) in [5.41, 5.74) is -0.894. The molecule has 1 aromatic rings. The van der Waals surface area contributed by atoms with Gasteiger partial charge in [0.1, 0.15) is 11.4 Å². The number of alkyl halides is 1. The van der Waals surface area contributed by atoms with E-state index in [9.17, 15) is 9.18 Å². The number of halogens is 1. The lowest BCUT2D eigenvalue weighted by molar-refractivity contribution is 0.101. The molecule has 13 heavy (non-hydrogen) atoms. The summed E-state index contributed by atoms with van der Waals surface area (Å²) in [5.74, 6) is -0.147. The molecule has 2 nitrogen and oxygen atoms in total. The standard InChI is InChI=1S/C10H12FNO/c1-7(13)8-5-4-6-9(12-8)10(2,3)11/h4-6H,1-3H3. The minimum atomic E-state index is -1.49. The number of ketones is 1. The van der Waals surface area contributed by atoms with Crippen molar-refractivity contribution >= 4 is 5.78 Å². The van der Waals surface area contributed by atoms with E-state index in [1.807, 2.05) is 0 Å². The highest BCUT2D eigenvalue weighted by atomic mass is 19.1. The Morgan fingerprint density at radius 3 is 2.54 bits per heavy atom. The monoisotopic (exact) mass is 181 g/mol. The van der Waals surface area contributed by atoms with Crippen LogP contribution in [-0.2, 0) is 5.67 Å². The van der Waals surface area contributed by atoms with Gasteiger partial charge in [0.2, 0.25) is 0 Å². The highest BCUT2D eigenvalue weighted by Gasteiger charge is 2.20. The maximum absolute atomic E-state index is 13.4. The molecule has 0 N–H and O–H groups in total. The molecule has 0 fully saturated rings. The molecule has 0 spiro atoms. The number of aromatic nitrogens is 1. The molecule has 3 heteroatoms. The third kappa shape index (κ3) is 2.34. The van der Waals surface area contributed by atoms with Crippen LogP contribution in [0.4, 0.5) is 4.39 Å². The molecule has 0 aliphatic rings. The zero-order chi connectivity index (χ0) is 10.1. The topological polar surface area (TPSA) is 30.0 Å². The van der Waals surface area contributed by atoms with Crippen LogP contribution in [0.25, 0.3) is 0 Å². The Hall–Kier alpha value is -1.25. The molecule has 1 heterocycles. The number of rotatable bonds is 2. The van der Waals surface area contributed by atoms with Gasteiger partial charge in [-0.3, -0.25) is 4.79 Å². The van der Waals surface area contributed by atoms with Crippen LogP contribution in [0.3, 0.4) is 0 Å². The summed E-state index contributed by atoms with van der Waals surface area (Å²) in [6.07, 6.45) is 0. The molecule has 0 aromatic carbocycles. The number of pyridine rings is 1. The van der Waals surface area contributed by atoms with Crippen LogP contribution in [0.1, 0.15) is 37.0 Å². The minimum absolute atomic E-state index is 0.147. The molecule has 0 bridgehead atoms. The fourth-order valence-corrected chi connectivity index (χ4v) is 0.962. The van der Waals surface area contributed by atoms with Gasteiger partial charge in [0.15, 0.2) is 5.78 Å². The molecule has 1 rings (SSSR count). The van der Waals surface area contributed by atoms with Crippen molar-refractivity contribution in [3.05, 3.63) is 29.6 Å². The van der Waals surface area contributed by atoms with E-state index in [0.717, 1.165) is 0 Å². The fraction of sp³-hybridized carbons (Fsp3) is 0.400. The molecule has 0 atom stereocenters. The maximum atomic E-state index is 13.4. The molecule has 0 radical (unpaired) electrons. The molecular formula is C10H12FNO. The predicted molar refractivity (Wildman–Crippen MR) is 48.4 cm³/mol. The van der Waals surface area contributed by atoms with Crippen molar-refractivity contribution in [1.82, 2.24) is 4.98 Å². The fourth-order valence-electron chi connectivity index (χ4n) is 0.962. The summed E-state index contributed by atoms with van der Waals surface area (Å²) in [6.45, 7) is 4.25. The molecule has 0 saturated carbocycles. The Bertz CT molecular complexity index is 328. The first-order valence-electron chi connectivity index (χ1n) is 4.08. The van der Waals surface area contributed by atoms with Crippen molar-refractivity contribution in [2.45, 2.75) is 26.4 Å². The maximum Gasteiger partial charge on any atom is 0.178 e. The largest absolute Gasteiger partial charge is 0.293 e. The lowest BCUT2D eigenvalue weighted by atomic mass is 10.1. The summed E-state index contributed by atoms with van der Waals surface area (Å²) in [7, 11) is 0. The first-order valence-corrected chi connectivity index (χ1v) is 4.08. The Balaban J connectivity index is 3.13. The third-order valence-corrected chi connectivity index (χ3v) is 1.72. The number of hydrogen-bond acceptors (Lipinski definition) is 2. The SMILES string of the molecule is CC(=O)c1cccc(C(C)(C)F)n1. The van der Waals surface area contributed by atoms with Crippen molar-refractivity contribution in [1.29, 1.82) is 0 Å². The van der Waals surface area contributed by atoms with Gasteiger partial charge in [0.25, 0.3) is 0 Å². The Kier molecular flexibility index (Phi) is 2.45. The van der Waals surface area contributed by atoms with Gasteiger partial charge in [-0.05, 0) is 26.0 Å². The van der Waals surface area contributed by atoms with Crippen molar-refractivity contribution in [3.63, 3.8) is 0 Å². The van der Waals surface area contributed by atoms with E-state index in [4.69, 9.17) is 0 Å². The Labute approximate surface area is 76.8 Å². The normalized spacial score (nSPS) is 11.4. The van der Waals surface area contributed by atoms with E-state index in [0.29, 0.717) is 11.4 Å². The lowest BCUT2D eigenvalue weighted by Gasteiger charge is -2.13. The van der Waals surface area contributed by atoms with Crippen molar-refractivity contribution in [2.75, 3.05) is 0 Å². The van der Waals surface area contributed by atoms with E-state index >= 15 is 0 Å². The van der Waals surface area contributed by atoms with Crippen molar-refractivity contribution in [3.8, 4) is 0 Å². The van der Waals surface area contributed by atoms with Gasteiger partial charge >= 0.3 is 0 Å².